The Hall–Kier alpha value is -0.520. The monoisotopic (exact) mass is 345 g/mol. The zero-order valence-electron chi connectivity index (χ0n) is 11.3. The van der Waals surface area contributed by atoms with Crippen molar-refractivity contribution < 1.29 is 9.53 Å². The first-order valence-corrected chi connectivity index (χ1v) is 8.23. The number of thioether (sulfide) groups is 1. The van der Waals surface area contributed by atoms with E-state index in [1.807, 2.05) is 31.2 Å². The quantitative estimate of drug-likeness (QED) is 0.578. The summed E-state index contributed by atoms with van der Waals surface area (Å²) in [5, 5.41) is 3.23. The Labute approximate surface area is 127 Å². The lowest BCUT2D eigenvalue weighted by Crippen LogP contribution is -2.40. The highest BCUT2D eigenvalue weighted by atomic mass is 79.9. The van der Waals surface area contributed by atoms with E-state index in [1.54, 1.807) is 11.8 Å². The highest BCUT2D eigenvalue weighted by molar-refractivity contribution is 9.10. The summed E-state index contributed by atoms with van der Waals surface area (Å²) in [6, 6.07) is 7.82. The van der Waals surface area contributed by atoms with Crippen LogP contribution in [0.1, 0.15) is 20.3 Å². The van der Waals surface area contributed by atoms with Crippen molar-refractivity contribution in [3.63, 3.8) is 0 Å². The number of carbonyl (C=O) groups is 1. The lowest BCUT2D eigenvalue weighted by molar-refractivity contribution is -0.144. The molecule has 19 heavy (non-hydrogen) atoms. The zero-order valence-corrected chi connectivity index (χ0v) is 13.7. The first-order valence-electron chi connectivity index (χ1n) is 6.45. The Balaban J connectivity index is 2.54. The van der Waals surface area contributed by atoms with Gasteiger partial charge in [-0.15, -0.1) is 11.8 Å². The van der Waals surface area contributed by atoms with Gasteiger partial charge in [0.1, 0.15) is 6.04 Å². The van der Waals surface area contributed by atoms with Crippen molar-refractivity contribution in [1.29, 1.82) is 0 Å². The van der Waals surface area contributed by atoms with E-state index in [0.29, 0.717) is 12.4 Å². The molecule has 0 amide bonds. The normalized spacial score (nSPS) is 12.2. The van der Waals surface area contributed by atoms with Crippen LogP contribution in [0.2, 0.25) is 0 Å². The molecule has 1 unspecified atom stereocenters. The average Bonchev–Trinajstić information content (AvgIpc) is 2.39. The maximum atomic E-state index is 11.8. The van der Waals surface area contributed by atoms with Gasteiger partial charge in [-0.25, -0.2) is 0 Å². The van der Waals surface area contributed by atoms with E-state index in [9.17, 15) is 4.79 Å². The summed E-state index contributed by atoms with van der Waals surface area (Å²) in [4.78, 5) is 13.0. The zero-order chi connectivity index (χ0) is 14.1. The van der Waals surface area contributed by atoms with Crippen molar-refractivity contribution in [2.45, 2.75) is 31.2 Å². The predicted octanol–water partition coefficient (Wildman–Crippen LogP) is 3.47. The van der Waals surface area contributed by atoms with Gasteiger partial charge in [0.15, 0.2) is 0 Å². The molecule has 0 aliphatic rings. The van der Waals surface area contributed by atoms with Gasteiger partial charge >= 0.3 is 5.97 Å². The van der Waals surface area contributed by atoms with Crippen LogP contribution in [0.25, 0.3) is 0 Å². The number of halogens is 1. The molecule has 106 valence electrons. The SMILES string of the molecule is CCCNC(CSc1cccc(Br)c1)C(=O)OCC. The van der Waals surface area contributed by atoms with Gasteiger partial charge in [0, 0.05) is 15.1 Å². The topological polar surface area (TPSA) is 38.3 Å². The summed E-state index contributed by atoms with van der Waals surface area (Å²) in [6.07, 6.45) is 0.997. The molecule has 0 aliphatic carbocycles. The molecule has 0 heterocycles. The molecule has 1 aromatic rings. The lowest BCUT2D eigenvalue weighted by atomic mass is 10.3. The Morgan fingerprint density at radius 1 is 1.47 bits per heavy atom. The lowest BCUT2D eigenvalue weighted by Gasteiger charge is -2.16. The van der Waals surface area contributed by atoms with Crippen LogP contribution in [-0.2, 0) is 9.53 Å². The molecule has 1 rings (SSSR count). The summed E-state index contributed by atoms with van der Waals surface area (Å²) >= 11 is 5.10. The first kappa shape index (κ1) is 16.5. The molecular weight excluding hydrogens is 326 g/mol. The predicted molar refractivity (Wildman–Crippen MR) is 83.6 cm³/mol. The number of hydrogen-bond acceptors (Lipinski definition) is 4. The maximum Gasteiger partial charge on any atom is 0.323 e. The number of esters is 1. The molecule has 0 aromatic heterocycles. The standard InChI is InChI=1S/C14H20BrNO2S/c1-3-8-16-13(14(17)18-4-2)10-19-12-7-5-6-11(15)9-12/h5-7,9,13,16H,3-4,8,10H2,1-2H3. The van der Waals surface area contributed by atoms with Gasteiger partial charge in [-0.3, -0.25) is 4.79 Å². The molecule has 1 aromatic carbocycles. The Morgan fingerprint density at radius 2 is 2.26 bits per heavy atom. The number of ether oxygens (including phenoxy) is 1. The minimum absolute atomic E-state index is 0.168. The Kier molecular flexibility index (Phi) is 8.18. The molecule has 3 nitrogen and oxygen atoms in total. The van der Waals surface area contributed by atoms with E-state index in [-0.39, 0.29) is 12.0 Å². The molecule has 0 aliphatic heterocycles. The third-order valence-corrected chi connectivity index (χ3v) is 4.01. The molecule has 1 N–H and O–H groups in total. The average molecular weight is 346 g/mol. The molecular formula is C14H20BrNO2S. The van der Waals surface area contributed by atoms with Gasteiger partial charge in [-0.2, -0.15) is 0 Å². The van der Waals surface area contributed by atoms with E-state index in [2.05, 4.69) is 28.2 Å². The third-order valence-electron chi connectivity index (χ3n) is 2.42. The fraction of sp³-hybridized carbons (Fsp3) is 0.500. The summed E-state index contributed by atoms with van der Waals surface area (Å²) in [6.45, 7) is 5.15. The van der Waals surface area contributed by atoms with Crippen molar-refractivity contribution >= 4 is 33.7 Å². The van der Waals surface area contributed by atoms with Gasteiger partial charge in [0.2, 0.25) is 0 Å². The van der Waals surface area contributed by atoms with Crippen LogP contribution in [0.5, 0.6) is 0 Å². The molecule has 1 atom stereocenters. The smallest absolute Gasteiger partial charge is 0.323 e. The summed E-state index contributed by atoms with van der Waals surface area (Å²) in [5.41, 5.74) is 0. The Bertz CT molecular complexity index is 401. The van der Waals surface area contributed by atoms with Crippen LogP contribution >= 0.6 is 27.7 Å². The second-order valence-corrected chi connectivity index (χ2v) is 6.04. The minimum atomic E-state index is -0.246. The molecule has 0 saturated heterocycles. The minimum Gasteiger partial charge on any atom is -0.465 e. The second kappa shape index (κ2) is 9.39. The second-order valence-electron chi connectivity index (χ2n) is 4.03. The highest BCUT2D eigenvalue weighted by Crippen LogP contribution is 2.22. The van der Waals surface area contributed by atoms with E-state index in [4.69, 9.17) is 4.74 Å². The van der Waals surface area contributed by atoms with Gasteiger partial charge in [0.05, 0.1) is 6.61 Å². The number of benzene rings is 1. The van der Waals surface area contributed by atoms with Crippen molar-refractivity contribution in [2.75, 3.05) is 18.9 Å². The molecule has 0 fully saturated rings. The number of hydrogen-bond donors (Lipinski definition) is 1. The maximum absolute atomic E-state index is 11.8. The number of nitrogens with one attached hydrogen (secondary N) is 1. The van der Waals surface area contributed by atoms with E-state index in [0.717, 1.165) is 22.3 Å². The van der Waals surface area contributed by atoms with E-state index in [1.165, 1.54) is 0 Å². The molecule has 0 bridgehead atoms. The van der Waals surface area contributed by atoms with Crippen molar-refractivity contribution in [1.82, 2.24) is 5.32 Å². The van der Waals surface area contributed by atoms with Gasteiger partial charge in [-0.05, 0) is 38.1 Å². The van der Waals surface area contributed by atoms with Crippen LogP contribution in [0.3, 0.4) is 0 Å². The Morgan fingerprint density at radius 3 is 2.89 bits per heavy atom. The van der Waals surface area contributed by atoms with Crippen molar-refractivity contribution in [3.8, 4) is 0 Å². The van der Waals surface area contributed by atoms with Crippen LogP contribution in [-0.4, -0.2) is 30.9 Å². The largest absolute Gasteiger partial charge is 0.465 e. The summed E-state index contributed by atoms with van der Waals surface area (Å²) in [5.74, 6) is 0.508. The van der Waals surface area contributed by atoms with Crippen molar-refractivity contribution in [2.24, 2.45) is 0 Å². The fourth-order valence-electron chi connectivity index (χ4n) is 1.51. The van der Waals surface area contributed by atoms with Gasteiger partial charge in [-0.1, -0.05) is 28.9 Å². The van der Waals surface area contributed by atoms with Crippen LogP contribution < -0.4 is 5.32 Å². The highest BCUT2D eigenvalue weighted by Gasteiger charge is 2.18. The van der Waals surface area contributed by atoms with E-state index >= 15 is 0 Å². The number of rotatable bonds is 8. The van der Waals surface area contributed by atoms with Crippen LogP contribution in [0, 0.1) is 0 Å². The molecule has 0 spiro atoms. The third kappa shape index (κ3) is 6.45. The van der Waals surface area contributed by atoms with Gasteiger partial charge in [0.25, 0.3) is 0 Å². The van der Waals surface area contributed by atoms with Crippen LogP contribution in [0.15, 0.2) is 33.6 Å². The number of carbonyl (C=O) groups excluding carboxylic acids is 1. The summed E-state index contributed by atoms with van der Waals surface area (Å²) < 4.78 is 6.14. The molecule has 0 radical (unpaired) electrons. The molecule has 5 heteroatoms. The van der Waals surface area contributed by atoms with E-state index < -0.39 is 0 Å². The summed E-state index contributed by atoms with van der Waals surface area (Å²) in [7, 11) is 0. The molecule has 0 saturated carbocycles. The fourth-order valence-corrected chi connectivity index (χ4v) is 3.06. The first-order chi connectivity index (χ1) is 9.17. The van der Waals surface area contributed by atoms with Gasteiger partial charge < -0.3 is 10.1 Å². The van der Waals surface area contributed by atoms with Crippen molar-refractivity contribution in [3.05, 3.63) is 28.7 Å². The van der Waals surface area contributed by atoms with Crippen LogP contribution in [0.4, 0.5) is 0 Å².